The Morgan fingerprint density at radius 1 is 0.781 bits per heavy atom. The maximum Gasteiger partial charge on any atom is 0.199 e. The molecule has 0 N–H and O–H groups in total. The van der Waals surface area contributed by atoms with Crippen LogP contribution < -0.4 is 4.74 Å². The lowest BCUT2D eigenvalue weighted by Crippen LogP contribution is -2.24. The molecule has 1 aliphatic heterocycles. The number of hydrogen-bond donors (Lipinski definition) is 0. The van der Waals surface area contributed by atoms with Gasteiger partial charge < -0.3 is 9.47 Å². The molecule has 1 aliphatic carbocycles. The quantitative estimate of drug-likeness (QED) is 0.423. The van der Waals surface area contributed by atoms with Crippen molar-refractivity contribution in [1.82, 2.24) is 0 Å². The van der Waals surface area contributed by atoms with Crippen LogP contribution in [-0.4, -0.2) is 12.9 Å². The summed E-state index contributed by atoms with van der Waals surface area (Å²) in [6.07, 6.45) is 14.3. The molecule has 1 saturated heterocycles. The Balaban J connectivity index is 1.22. The van der Waals surface area contributed by atoms with Crippen LogP contribution in [-0.2, 0) is 11.2 Å². The van der Waals surface area contributed by atoms with Gasteiger partial charge in [0, 0.05) is 17.5 Å². The molecule has 1 heterocycles. The molecule has 0 amide bonds. The molecule has 170 valence electrons. The molecular formula is C30H38O2. The zero-order valence-corrected chi connectivity index (χ0v) is 19.7. The van der Waals surface area contributed by atoms with Crippen molar-refractivity contribution in [2.24, 2.45) is 11.8 Å². The highest BCUT2D eigenvalue weighted by molar-refractivity contribution is 5.44. The van der Waals surface area contributed by atoms with Gasteiger partial charge in [0.1, 0.15) is 5.75 Å². The second kappa shape index (κ2) is 12.1. The molecule has 0 aromatic heterocycles. The van der Waals surface area contributed by atoms with Gasteiger partial charge in [-0.15, -0.1) is 0 Å². The summed E-state index contributed by atoms with van der Waals surface area (Å²) in [5.41, 5.74) is 3.52. The maximum atomic E-state index is 5.90. The van der Waals surface area contributed by atoms with Gasteiger partial charge in [0.25, 0.3) is 0 Å². The highest BCUT2D eigenvalue weighted by Crippen LogP contribution is 2.33. The van der Waals surface area contributed by atoms with Gasteiger partial charge in [-0.3, -0.25) is 0 Å². The number of hydrogen-bond acceptors (Lipinski definition) is 2. The third kappa shape index (κ3) is 7.14. The monoisotopic (exact) mass is 430 g/mol. The van der Waals surface area contributed by atoms with Crippen LogP contribution in [0, 0.1) is 23.7 Å². The molecular weight excluding hydrogens is 392 g/mol. The van der Waals surface area contributed by atoms with Crippen LogP contribution in [0.15, 0.2) is 48.5 Å². The summed E-state index contributed by atoms with van der Waals surface area (Å²) in [5, 5.41) is 0. The van der Waals surface area contributed by atoms with Crippen molar-refractivity contribution in [1.29, 1.82) is 0 Å². The van der Waals surface area contributed by atoms with Crippen LogP contribution in [0.2, 0.25) is 0 Å². The van der Waals surface area contributed by atoms with E-state index in [9.17, 15) is 0 Å². The van der Waals surface area contributed by atoms with Crippen molar-refractivity contribution < 1.29 is 9.47 Å². The van der Waals surface area contributed by atoms with Crippen LogP contribution in [0.1, 0.15) is 87.8 Å². The molecule has 2 aromatic rings. The minimum Gasteiger partial charge on any atom is -0.465 e. The number of rotatable bonds is 7. The lowest BCUT2D eigenvalue weighted by atomic mass is 9.78. The van der Waals surface area contributed by atoms with Gasteiger partial charge in [0.2, 0.25) is 0 Å². The summed E-state index contributed by atoms with van der Waals surface area (Å²) < 4.78 is 11.5. The van der Waals surface area contributed by atoms with Crippen LogP contribution in [0.3, 0.4) is 0 Å². The van der Waals surface area contributed by atoms with Crippen LogP contribution in [0.5, 0.6) is 5.75 Å². The summed E-state index contributed by atoms with van der Waals surface area (Å²) in [7, 11) is 0. The van der Waals surface area contributed by atoms with Crippen molar-refractivity contribution in [2.75, 3.05) is 6.61 Å². The van der Waals surface area contributed by atoms with E-state index in [2.05, 4.69) is 43.0 Å². The van der Waals surface area contributed by atoms with E-state index in [1.807, 2.05) is 24.3 Å². The smallest absolute Gasteiger partial charge is 0.199 e. The average molecular weight is 431 g/mol. The first-order valence-electron chi connectivity index (χ1n) is 12.8. The fourth-order valence-electron chi connectivity index (χ4n) is 5.06. The third-order valence-corrected chi connectivity index (χ3v) is 7.07. The molecule has 0 spiro atoms. The van der Waals surface area contributed by atoms with Gasteiger partial charge in [-0.1, -0.05) is 69.4 Å². The van der Waals surface area contributed by atoms with Crippen molar-refractivity contribution in [3.8, 4) is 17.6 Å². The number of aryl methyl sites for hydroxylation is 1. The Morgan fingerprint density at radius 3 is 2.00 bits per heavy atom. The minimum absolute atomic E-state index is 0.102. The zero-order valence-electron chi connectivity index (χ0n) is 19.7. The van der Waals surface area contributed by atoms with E-state index in [-0.39, 0.29) is 6.29 Å². The summed E-state index contributed by atoms with van der Waals surface area (Å²) in [6.45, 7) is 3.12. The lowest BCUT2D eigenvalue weighted by molar-refractivity contribution is -0.105. The van der Waals surface area contributed by atoms with E-state index >= 15 is 0 Å². The zero-order chi connectivity index (χ0) is 22.0. The first-order valence-corrected chi connectivity index (χ1v) is 12.8. The molecule has 32 heavy (non-hydrogen) atoms. The standard InChI is InChI=1S/C30H38O2/c1-2-5-24-7-9-25(10-8-24)11-12-26-13-15-27(16-14-26)17-18-28-19-21-29(22-20-28)32-30-6-3-4-23-31-30/h13-16,19-22,24-25,30H,2-12,23H2,1H3. The Morgan fingerprint density at radius 2 is 1.41 bits per heavy atom. The second-order valence-electron chi connectivity index (χ2n) is 9.60. The summed E-state index contributed by atoms with van der Waals surface area (Å²) >= 11 is 0. The highest BCUT2D eigenvalue weighted by atomic mass is 16.7. The van der Waals surface area contributed by atoms with E-state index in [0.29, 0.717) is 0 Å². The normalized spacial score (nSPS) is 23.2. The molecule has 1 unspecified atom stereocenters. The average Bonchev–Trinajstić information content (AvgIpc) is 2.85. The Bertz CT molecular complexity index is 858. The molecule has 0 bridgehead atoms. The predicted molar refractivity (Wildman–Crippen MR) is 132 cm³/mol. The van der Waals surface area contributed by atoms with Crippen molar-refractivity contribution in [2.45, 2.75) is 83.8 Å². The molecule has 1 atom stereocenters. The van der Waals surface area contributed by atoms with Crippen molar-refractivity contribution >= 4 is 0 Å². The van der Waals surface area contributed by atoms with Crippen LogP contribution in [0.25, 0.3) is 0 Å². The first kappa shape index (κ1) is 22.9. The second-order valence-corrected chi connectivity index (χ2v) is 9.60. The molecule has 4 rings (SSSR count). The first-order chi connectivity index (χ1) is 15.8. The molecule has 2 aromatic carbocycles. The number of ether oxygens (including phenoxy) is 2. The Labute approximate surface area is 194 Å². The van der Waals surface area contributed by atoms with Crippen molar-refractivity contribution in [3.05, 3.63) is 65.2 Å². The largest absolute Gasteiger partial charge is 0.465 e. The SMILES string of the molecule is CCCC1CCC(CCc2ccc(C#Cc3ccc(OC4CCCCO4)cc3)cc2)CC1. The lowest BCUT2D eigenvalue weighted by Gasteiger charge is -2.28. The van der Waals surface area contributed by atoms with Gasteiger partial charge in [-0.05, 0) is 79.5 Å². The molecule has 0 radical (unpaired) electrons. The van der Waals surface area contributed by atoms with Crippen LogP contribution in [0.4, 0.5) is 0 Å². The molecule has 2 aliphatic rings. The van der Waals surface area contributed by atoms with E-state index in [1.54, 1.807) is 0 Å². The van der Waals surface area contributed by atoms with E-state index in [4.69, 9.17) is 9.47 Å². The third-order valence-electron chi connectivity index (χ3n) is 7.07. The Hall–Kier alpha value is -2.24. The van der Waals surface area contributed by atoms with E-state index in [0.717, 1.165) is 48.2 Å². The molecule has 2 fully saturated rings. The van der Waals surface area contributed by atoms with Gasteiger partial charge in [-0.25, -0.2) is 0 Å². The minimum atomic E-state index is -0.102. The molecule has 2 heteroatoms. The highest BCUT2D eigenvalue weighted by Gasteiger charge is 2.20. The van der Waals surface area contributed by atoms with E-state index in [1.165, 1.54) is 63.4 Å². The van der Waals surface area contributed by atoms with Gasteiger partial charge in [0.05, 0.1) is 6.61 Å². The topological polar surface area (TPSA) is 18.5 Å². The number of benzene rings is 2. The summed E-state index contributed by atoms with van der Waals surface area (Å²) in [6, 6.07) is 16.9. The predicted octanol–water partition coefficient (Wildman–Crippen LogP) is 7.53. The molecule has 1 saturated carbocycles. The maximum absolute atomic E-state index is 5.90. The van der Waals surface area contributed by atoms with Crippen LogP contribution >= 0.6 is 0 Å². The fraction of sp³-hybridized carbons (Fsp3) is 0.533. The van der Waals surface area contributed by atoms with E-state index < -0.39 is 0 Å². The molecule has 2 nitrogen and oxygen atoms in total. The van der Waals surface area contributed by atoms with Crippen molar-refractivity contribution in [3.63, 3.8) is 0 Å². The van der Waals surface area contributed by atoms with Gasteiger partial charge >= 0.3 is 0 Å². The Kier molecular flexibility index (Phi) is 8.69. The summed E-state index contributed by atoms with van der Waals surface area (Å²) in [4.78, 5) is 0. The van der Waals surface area contributed by atoms with Gasteiger partial charge in [0.15, 0.2) is 6.29 Å². The fourth-order valence-corrected chi connectivity index (χ4v) is 5.06. The van der Waals surface area contributed by atoms with Gasteiger partial charge in [-0.2, -0.15) is 0 Å². The summed E-state index contributed by atoms with van der Waals surface area (Å²) in [5.74, 6) is 9.35.